The van der Waals surface area contributed by atoms with Crippen molar-refractivity contribution in [2.45, 2.75) is 46.0 Å². The van der Waals surface area contributed by atoms with Gasteiger partial charge in [-0.15, -0.1) is 0 Å². The van der Waals surface area contributed by atoms with Crippen LogP contribution < -0.4 is 10.1 Å². The van der Waals surface area contributed by atoms with Crippen LogP contribution in [0.2, 0.25) is 0 Å². The van der Waals surface area contributed by atoms with E-state index in [0.717, 1.165) is 25.1 Å². The lowest BCUT2D eigenvalue weighted by Gasteiger charge is -2.20. The molecular weight excluding hydrogens is 465 g/mol. The Kier molecular flexibility index (Phi) is 7.76. The lowest BCUT2D eigenvalue weighted by molar-refractivity contribution is -0.192. The summed E-state index contributed by atoms with van der Waals surface area (Å²) < 4.78 is 42.9. The van der Waals surface area contributed by atoms with Gasteiger partial charge in [-0.05, 0) is 68.6 Å². The molecule has 0 atom stereocenters. The summed E-state index contributed by atoms with van der Waals surface area (Å²) in [7, 11) is 0. The van der Waals surface area contributed by atoms with Gasteiger partial charge in [0.2, 0.25) is 5.82 Å². The topological polar surface area (TPSA) is 121 Å². The van der Waals surface area contributed by atoms with Gasteiger partial charge < -0.3 is 19.7 Å². The fraction of sp³-hybridized carbons (Fsp3) is 0.333. The summed E-state index contributed by atoms with van der Waals surface area (Å²) in [5, 5.41) is 24.1. The van der Waals surface area contributed by atoms with E-state index in [1.807, 2.05) is 19.9 Å². The highest BCUT2D eigenvalue weighted by molar-refractivity contribution is 5.73. The molecular formula is C24H23F3N4O4. The van der Waals surface area contributed by atoms with Crippen LogP contribution >= 0.6 is 0 Å². The fourth-order valence-corrected chi connectivity index (χ4v) is 3.56. The van der Waals surface area contributed by atoms with Crippen LogP contribution in [0, 0.1) is 18.3 Å². The molecule has 2 N–H and O–H groups in total. The first-order valence-corrected chi connectivity index (χ1v) is 10.7. The molecule has 1 aliphatic heterocycles. The Morgan fingerprint density at radius 2 is 2.00 bits per heavy atom. The molecule has 0 saturated heterocycles. The van der Waals surface area contributed by atoms with Crippen molar-refractivity contribution in [1.82, 2.24) is 15.5 Å². The summed E-state index contributed by atoms with van der Waals surface area (Å²) in [6, 6.07) is 11.7. The number of alkyl halides is 3. The Labute approximate surface area is 199 Å². The molecule has 0 unspecified atom stereocenters. The maximum absolute atomic E-state index is 10.6. The average molecular weight is 488 g/mol. The molecule has 0 amide bonds. The number of carboxylic acids is 1. The van der Waals surface area contributed by atoms with Crippen molar-refractivity contribution < 1.29 is 32.3 Å². The minimum absolute atomic E-state index is 0.00450. The number of nitriles is 1. The van der Waals surface area contributed by atoms with E-state index in [1.165, 1.54) is 16.7 Å². The van der Waals surface area contributed by atoms with Crippen LogP contribution in [-0.2, 0) is 17.8 Å². The predicted molar refractivity (Wildman–Crippen MR) is 119 cm³/mol. The van der Waals surface area contributed by atoms with E-state index in [9.17, 15) is 18.4 Å². The van der Waals surface area contributed by atoms with E-state index in [2.05, 4.69) is 40.6 Å². The van der Waals surface area contributed by atoms with Gasteiger partial charge in [-0.2, -0.15) is 23.4 Å². The summed E-state index contributed by atoms with van der Waals surface area (Å²) in [6.45, 7) is 7.85. The Hall–Kier alpha value is -3.91. The zero-order valence-electron chi connectivity index (χ0n) is 19.2. The van der Waals surface area contributed by atoms with Gasteiger partial charge in [0.1, 0.15) is 11.8 Å². The largest absolute Gasteiger partial charge is 0.490 e. The van der Waals surface area contributed by atoms with E-state index in [-0.39, 0.29) is 6.10 Å². The number of carboxylic acid groups (broad SMARTS) is 1. The smallest absolute Gasteiger partial charge is 0.490 e. The number of aliphatic carboxylic acids is 1. The van der Waals surface area contributed by atoms with Crippen molar-refractivity contribution >= 4 is 5.97 Å². The third kappa shape index (κ3) is 6.16. The van der Waals surface area contributed by atoms with Gasteiger partial charge in [0.15, 0.2) is 0 Å². The minimum atomic E-state index is -5.08. The molecule has 0 fully saturated rings. The lowest BCUT2D eigenvalue weighted by atomic mass is 9.92. The second-order valence-corrected chi connectivity index (χ2v) is 8.02. The third-order valence-electron chi connectivity index (χ3n) is 5.18. The second-order valence-electron chi connectivity index (χ2n) is 8.02. The highest BCUT2D eigenvalue weighted by atomic mass is 19.4. The molecule has 2 heterocycles. The van der Waals surface area contributed by atoms with E-state index in [0.29, 0.717) is 28.6 Å². The number of hydrogen-bond acceptors (Lipinski definition) is 7. The number of aromatic nitrogens is 2. The van der Waals surface area contributed by atoms with Crippen LogP contribution in [0.5, 0.6) is 5.75 Å². The zero-order chi connectivity index (χ0) is 25.8. The number of ether oxygens (including phenoxy) is 1. The standard InChI is InChI=1S/C22H22N4O2.C2HF3O2/c1-13(2)27-20-7-5-15(10-17(20)11-23)22-25-21(26-28-22)19-6-4-16-12-24-9-8-18(16)14(19)3;3-2(4,5)1(6)7/h4-7,10,13,24H,8-9,12H2,1-3H3;(H,6,7). The Bertz CT molecular complexity index is 1260. The van der Waals surface area contributed by atoms with Crippen LogP contribution in [0.4, 0.5) is 13.2 Å². The van der Waals surface area contributed by atoms with Gasteiger partial charge in [0, 0.05) is 17.7 Å². The molecule has 0 aliphatic carbocycles. The van der Waals surface area contributed by atoms with Crippen LogP contribution in [0.3, 0.4) is 0 Å². The van der Waals surface area contributed by atoms with Crippen LogP contribution in [0.25, 0.3) is 22.8 Å². The molecule has 4 rings (SSSR count). The van der Waals surface area contributed by atoms with Gasteiger partial charge in [-0.3, -0.25) is 0 Å². The monoisotopic (exact) mass is 488 g/mol. The predicted octanol–water partition coefficient (Wildman–Crippen LogP) is 4.65. The lowest BCUT2D eigenvalue weighted by Crippen LogP contribution is -2.24. The molecule has 184 valence electrons. The van der Waals surface area contributed by atoms with Gasteiger partial charge in [-0.25, -0.2) is 4.79 Å². The van der Waals surface area contributed by atoms with Crippen molar-refractivity contribution in [2.75, 3.05) is 6.54 Å². The molecule has 3 aromatic rings. The number of nitrogens with zero attached hydrogens (tertiary/aromatic N) is 3. The fourth-order valence-electron chi connectivity index (χ4n) is 3.56. The maximum atomic E-state index is 10.6. The number of hydrogen-bond donors (Lipinski definition) is 2. The molecule has 35 heavy (non-hydrogen) atoms. The molecule has 0 bridgehead atoms. The van der Waals surface area contributed by atoms with E-state index in [1.54, 1.807) is 12.1 Å². The van der Waals surface area contributed by atoms with E-state index < -0.39 is 12.1 Å². The molecule has 0 saturated carbocycles. The average Bonchev–Trinajstić information content (AvgIpc) is 3.29. The number of nitrogens with one attached hydrogen (secondary N) is 1. The molecule has 1 aromatic heterocycles. The van der Waals surface area contributed by atoms with Crippen LogP contribution in [0.1, 0.15) is 36.1 Å². The van der Waals surface area contributed by atoms with Gasteiger partial charge in [0.25, 0.3) is 5.89 Å². The van der Waals surface area contributed by atoms with Crippen molar-refractivity contribution in [3.63, 3.8) is 0 Å². The van der Waals surface area contributed by atoms with Crippen molar-refractivity contribution in [1.29, 1.82) is 5.26 Å². The van der Waals surface area contributed by atoms with Crippen molar-refractivity contribution in [3.05, 3.63) is 52.6 Å². The normalized spacial score (nSPS) is 12.9. The zero-order valence-corrected chi connectivity index (χ0v) is 19.2. The first-order valence-electron chi connectivity index (χ1n) is 10.7. The summed E-state index contributed by atoms with van der Waals surface area (Å²) in [5.74, 6) is -1.25. The molecule has 1 aliphatic rings. The highest BCUT2D eigenvalue weighted by Gasteiger charge is 2.38. The molecule has 0 spiro atoms. The summed E-state index contributed by atoms with van der Waals surface area (Å²) in [5.41, 5.74) is 6.02. The second kappa shape index (κ2) is 10.6. The maximum Gasteiger partial charge on any atom is 0.490 e. The quantitative estimate of drug-likeness (QED) is 0.544. The van der Waals surface area contributed by atoms with Gasteiger partial charge in [-0.1, -0.05) is 17.3 Å². The summed E-state index contributed by atoms with van der Waals surface area (Å²) >= 11 is 0. The first kappa shape index (κ1) is 25.7. The Morgan fingerprint density at radius 3 is 2.63 bits per heavy atom. The van der Waals surface area contributed by atoms with Gasteiger partial charge in [0.05, 0.1) is 11.7 Å². The SMILES string of the molecule is Cc1c(-c2noc(-c3ccc(OC(C)C)c(C#N)c3)n2)ccc2c1CCNC2.O=C(O)C(F)(F)F. The number of fused-ring (bicyclic) bond motifs is 1. The van der Waals surface area contributed by atoms with Crippen molar-refractivity contribution in [2.24, 2.45) is 0 Å². The summed E-state index contributed by atoms with van der Waals surface area (Å²) in [4.78, 5) is 13.5. The highest BCUT2D eigenvalue weighted by Crippen LogP contribution is 2.31. The summed E-state index contributed by atoms with van der Waals surface area (Å²) in [6.07, 6.45) is -4.09. The van der Waals surface area contributed by atoms with Crippen LogP contribution in [-0.4, -0.2) is 40.0 Å². The van der Waals surface area contributed by atoms with E-state index >= 15 is 0 Å². The molecule has 0 radical (unpaired) electrons. The molecule has 11 heteroatoms. The number of carbonyl (C=O) groups is 1. The molecule has 2 aromatic carbocycles. The van der Waals surface area contributed by atoms with E-state index in [4.69, 9.17) is 19.2 Å². The Balaban J connectivity index is 0.000000429. The third-order valence-corrected chi connectivity index (χ3v) is 5.18. The number of benzene rings is 2. The number of rotatable bonds is 4. The number of halogens is 3. The van der Waals surface area contributed by atoms with Crippen molar-refractivity contribution in [3.8, 4) is 34.7 Å². The van der Waals surface area contributed by atoms with Crippen LogP contribution in [0.15, 0.2) is 34.9 Å². The molecule has 8 nitrogen and oxygen atoms in total. The first-order chi connectivity index (χ1) is 16.5. The van der Waals surface area contributed by atoms with Gasteiger partial charge >= 0.3 is 12.1 Å². The minimum Gasteiger partial charge on any atom is -0.490 e. The Morgan fingerprint density at radius 1 is 1.29 bits per heavy atom.